The molecule has 0 unspecified atom stereocenters. The fraction of sp³-hybridized carbons (Fsp3) is 0.350. The Morgan fingerprint density at radius 3 is 2.96 bits per heavy atom. The van der Waals surface area contributed by atoms with Crippen LogP contribution in [0.3, 0.4) is 0 Å². The van der Waals surface area contributed by atoms with Gasteiger partial charge in [-0.1, -0.05) is 29.8 Å². The average molecular weight is 340 g/mol. The lowest BCUT2D eigenvalue weighted by molar-refractivity contribution is 0.214. The van der Waals surface area contributed by atoms with Gasteiger partial charge in [0.1, 0.15) is 18.1 Å². The van der Waals surface area contributed by atoms with E-state index in [1.807, 2.05) is 24.3 Å². The maximum Gasteiger partial charge on any atom is 0.315 e. The molecule has 1 aliphatic rings. The third kappa shape index (κ3) is 4.66. The van der Waals surface area contributed by atoms with Crippen molar-refractivity contribution in [3.05, 3.63) is 59.2 Å². The molecule has 1 heterocycles. The number of benzene rings is 2. The maximum atomic E-state index is 12.1. The van der Waals surface area contributed by atoms with Crippen molar-refractivity contribution in [3.63, 3.8) is 0 Å². The first-order valence-electron chi connectivity index (χ1n) is 8.53. The molecule has 0 radical (unpaired) electrons. The SMILES string of the molecule is COc1ccc2c(c1)C[C@@H](NC(=O)NCCc1cccc(C)c1)CO2. The molecule has 5 nitrogen and oxygen atoms in total. The van der Waals surface area contributed by atoms with Crippen LogP contribution in [0.4, 0.5) is 4.79 Å². The van der Waals surface area contributed by atoms with E-state index in [9.17, 15) is 4.79 Å². The monoisotopic (exact) mass is 340 g/mol. The van der Waals surface area contributed by atoms with Crippen molar-refractivity contribution in [2.24, 2.45) is 0 Å². The number of urea groups is 1. The first-order valence-corrected chi connectivity index (χ1v) is 8.53. The van der Waals surface area contributed by atoms with Gasteiger partial charge in [-0.25, -0.2) is 4.79 Å². The summed E-state index contributed by atoms with van der Waals surface area (Å²) in [7, 11) is 1.64. The van der Waals surface area contributed by atoms with Crippen molar-refractivity contribution in [2.45, 2.75) is 25.8 Å². The van der Waals surface area contributed by atoms with Crippen LogP contribution in [0.2, 0.25) is 0 Å². The van der Waals surface area contributed by atoms with Crippen molar-refractivity contribution in [3.8, 4) is 11.5 Å². The molecule has 0 fully saturated rings. The zero-order valence-corrected chi connectivity index (χ0v) is 14.7. The van der Waals surface area contributed by atoms with Gasteiger partial charge in [0.25, 0.3) is 0 Å². The number of hydrogen-bond donors (Lipinski definition) is 2. The molecule has 25 heavy (non-hydrogen) atoms. The van der Waals surface area contributed by atoms with Gasteiger partial charge < -0.3 is 20.1 Å². The zero-order chi connectivity index (χ0) is 17.6. The van der Waals surface area contributed by atoms with E-state index in [1.54, 1.807) is 7.11 Å². The Kier molecular flexibility index (Phi) is 5.43. The lowest BCUT2D eigenvalue weighted by atomic mass is 10.0. The van der Waals surface area contributed by atoms with E-state index < -0.39 is 0 Å². The third-order valence-electron chi connectivity index (χ3n) is 4.29. The normalized spacial score (nSPS) is 15.7. The Bertz CT molecular complexity index is 745. The summed E-state index contributed by atoms with van der Waals surface area (Å²) >= 11 is 0. The highest BCUT2D eigenvalue weighted by Crippen LogP contribution is 2.28. The minimum atomic E-state index is -0.160. The molecule has 2 aromatic rings. The molecule has 0 spiro atoms. The number of aryl methyl sites for hydroxylation is 1. The number of fused-ring (bicyclic) bond motifs is 1. The van der Waals surface area contributed by atoms with Gasteiger partial charge in [-0.2, -0.15) is 0 Å². The van der Waals surface area contributed by atoms with Crippen molar-refractivity contribution in [1.29, 1.82) is 0 Å². The number of methoxy groups -OCH3 is 1. The van der Waals surface area contributed by atoms with Gasteiger partial charge in [-0.3, -0.25) is 0 Å². The minimum Gasteiger partial charge on any atom is -0.497 e. The van der Waals surface area contributed by atoms with Crippen LogP contribution < -0.4 is 20.1 Å². The summed E-state index contributed by atoms with van der Waals surface area (Å²) in [5, 5.41) is 5.89. The second kappa shape index (κ2) is 7.92. The van der Waals surface area contributed by atoms with E-state index in [4.69, 9.17) is 9.47 Å². The Hall–Kier alpha value is -2.69. The minimum absolute atomic E-state index is 0.0430. The molecule has 0 aliphatic carbocycles. The molecule has 132 valence electrons. The van der Waals surface area contributed by atoms with E-state index in [2.05, 4.69) is 35.8 Å². The summed E-state index contributed by atoms with van der Waals surface area (Å²) < 4.78 is 11.0. The molecular formula is C20H24N2O3. The first kappa shape index (κ1) is 17.1. The van der Waals surface area contributed by atoms with Gasteiger partial charge in [0.05, 0.1) is 13.2 Å². The summed E-state index contributed by atoms with van der Waals surface area (Å²) in [5.74, 6) is 1.66. The second-order valence-electron chi connectivity index (χ2n) is 6.32. The van der Waals surface area contributed by atoms with Gasteiger partial charge in [0.2, 0.25) is 0 Å². The molecule has 0 bridgehead atoms. The first-order chi connectivity index (χ1) is 12.1. The summed E-state index contributed by atoms with van der Waals surface area (Å²) in [6.07, 6.45) is 1.55. The van der Waals surface area contributed by atoms with E-state index >= 15 is 0 Å². The standard InChI is InChI=1S/C20H24N2O3/c1-14-4-3-5-15(10-14)8-9-21-20(23)22-17-11-16-12-18(24-2)6-7-19(16)25-13-17/h3-7,10,12,17H,8-9,11,13H2,1-2H3,(H2,21,22,23)/t17-/m1/s1. The Morgan fingerprint density at radius 1 is 1.28 bits per heavy atom. The molecule has 0 saturated heterocycles. The van der Waals surface area contributed by atoms with Crippen LogP contribution in [-0.2, 0) is 12.8 Å². The topological polar surface area (TPSA) is 59.6 Å². The smallest absolute Gasteiger partial charge is 0.315 e. The molecule has 1 atom stereocenters. The molecule has 1 aliphatic heterocycles. The molecular weight excluding hydrogens is 316 g/mol. The van der Waals surface area contributed by atoms with Crippen molar-refractivity contribution in [1.82, 2.24) is 10.6 Å². The molecule has 2 amide bonds. The number of carbonyl (C=O) groups is 1. The van der Waals surface area contributed by atoms with Crippen molar-refractivity contribution >= 4 is 6.03 Å². The van der Waals surface area contributed by atoms with Crippen molar-refractivity contribution in [2.75, 3.05) is 20.3 Å². The summed E-state index contributed by atoms with van der Waals surface area (Å²) in [4.78, 5) is 12.1. The van der Waals surface area contributed by atoms with E-state index in [1.165, 1.54) is 11.1 Å². The molecule has 5 heteroatoms. The van der Waals surface area contributed by atoms with Gasteiger partial charge in [0, 0.05) is 6.54 Å². The predicted molar refractivity (Wildman–Crippen MR) is 97.4 cm³/mol. The lowest BCUT2D eigenvalue weighted by Gasteiger charge is -2.26. The number of rotatable bonds is 5. The number of ether oxygens (including phenoxy) is 2. The summed E-state index contributed by atoms with van der Waals surface area (Å²) in [6, 6.07) is 13.9. The second-order valence-corrected chi connectivity index (χ2v) is 6.32. The molecule has 2 N–H and O–H groups in total. The van der Waals surface area contributed by atoms with Gasteiger partial charge in [-0.15, -0.1) is 0 Å². The highest BCUT2D eigenvalue weighted by atomic mass is 16.5. The summed E-state index contributed by atoms with van der Waals surface area (Å²) in [5.41, 5.74) is 3.51. The fourth-order valence-corrected chi connectivity index (χ4v) is 3.02. The third-order valence-corrected chi connectivity index (χ3v) is 4.29. The molecule has 0 saturated carbocycles. The number of nitrogens with one attached hydrogen (secondary N) is 2. The zero-order valence-electron chi connectivity index (χ0n) is 14.7. The van der Waals surface area contributed by atoms with Gasteiger partial charge in [0.15, 0.2) is 0 Å². The Morgan fingerprint density at radius 2 is 2.16 bits per heavy atom. The van der Waals surface area contributed by atoms with Gasteiger partial charge in [-0.05, 0) is 49.1 Å². The van der Waals surface area contributed by atoms with Crippen LogP contribution in [0.25, 0.3) is 0 Å². The highest BCUT2D eigenvalue weighted by Gasteiger charge is 2.21. The Balaban J connectivity index is 1.47. The van der Waals surface area contributed by atoms with Crippen LogP contribution in [-0.4, -0.2) is 32.3 Å². The van der Waals surface area contributed by atoms with E-state index in [0.717, 1.165) is 29.9 Å². The fourth-order valence-electron chi connectivity index (χ4n) is 3.02. The molecule has 2 aromatic carbocycles. The van der Waals surface area contributed by atoms with E-state index in [-0.39, 0.29) is 12.1 Å². The quantitative estimate of drug-likeness (QED) is 0.880. The van der Waals surface area contributed by atoms with Crippen molar-refractivity contribution < 1.29 is 14.3 Å². The number of amides is 2. The van der Waals surface area contributed by atoms with Gasteiger partial charge >= 0.3 is 6.03 Å². The largest absolute Gasteiger partial charge is 0.497 e. The van der Waals surface area contributed by atoms with Crippen LogP contribution in [0.15, 0.2) is 42.5 Å². The molecule has 3 rings (SSSR count). The van der Waals surface area contributed by atoms with E-state index in [0.29, 0.717) is 13.2 Å². The summed E-state index contributed by atoms with van der Waals surface area (Å²) in [6.45, 7) is 3.15. The Labute approximate surface area is 148 Å². The van der Waals surface area contributed by atoms with Crippen LogP contribution >= 0.6 is 0 Å². The molecule has 0 aromatic heterocycles. The maximum absolute atomic E-state index is 12.1. The number of carbonyl (C=O) groups excluding carboxylic acids is 1. The number of hydrogen-bond acceptors (Lipinski definition) is 3. The highest BCUT2D eigenvalue weighted by molar-refractivity contribution is 5.74. The van der Waals surface area contributed by atoms with Crippen LogP contribution in [0, 0.1) is 6.92 Å². The predicted octanol–water partition coefficient (Wildman–Crippen LogP) is 2.85. The lowest BCUT2D eigenvalue weighted by Crippen LogP contribution is -2.47. The average Bonchev–Trinajstić information content (AvgIpc) is 2.61. The van der Waals surface area contributed by atoms with Crippen LogP contribution in [0.1, 0.15) is 16.7 Å². The van der Waals surface area contributed by atoms with Crippen LogP contribution in [0.5, 0.6) is 11.5 Å².